The zero-order chi connectivity index (χ0) is 21.4. The van der Waals surface area contributed by atoms with Crippen LogP contribution in [0.25, 0.3) is 34.0 Å². The predicted molar refractivity (Wildman–Crippen MR) is 122 cm³/mol. The molecule has 0 aliphatic heterocycles. The molecule has 152 valence electrons. The number of imidazole rings is 1. The van der Waals surface area contributed by atoms with Crippen LogP contribution in [0.15, 0.2) is 58.3 Å². The third-order valence-electron chi connectivity index (χ3n) is 4.26. The van der Waals surface area contributed by atoms with Gasteiger partial charge in [-0.1, -0.05) is 63.0 Å². The number of hydrogen-bond acceptors (Lipinski definition) is 6. The maximum absolute atomic E-state index is 11.1. The Labute approximate surface area is 194 Å². The molecule has 2 aromatic heterocycles. The number of phenols is 1. The molecule has 30 heavy (non-hydrogen) atoms. The lowest BCUT2D eigenvalue weighted by molar-refractivity contribution is 0.195. The van der Waals surface area contributed by atoms with Gasteiger partial charge >= 0.3 is 0 Å². The summed E-state index contributed by atoms with van der Waals surface area (Å²) in [6.45, 7) is 0. The number of phenolic OH excluding ortho intramolecular Hbond substituents is 1. The predicted octanol–water partition coefficient (Wildman–Crippen LogP) is 6.41. The van der Waals surface area contributed by atoms with E-state index in [-0.39, 0.29) is 21.6 Å². The van der Waals surface area contributed by atoms with Crippen molar-refractivity contribution in [2.24, 2.45) is 0 Å². The largest absolute Gasteiger partial charge is 0.508 e. The number of thioether (sulfide) groups is 1. The van der Waals surface area contributed by atoms with E-state index in [1.54, 1.807) is 12.3 Å². The Morgan fingerprint density at radius 2 is 1.80 bits per heavy atom. The normalized spacial score (nSPS) is 11.1. The van der Waals surface area contributed by atoms with Crippen LogP contribution >= 0.6 is 50.9 Å². The molecule has 0 radical (unpaired) electrons. The fourth-order valence-corrected chi connectivity index (χ4v) is 4.39. The maximum Gasteiger partial charge on any atom is 0.187 e. The number of aromatic nitrogens is 4. The Bertz CT molecular complexity index is 1240. The van der Waals surface area contributed by atoms with Gasteiger partial charge in [-0.05, 0) is 36.6 Å². The van der Waals surface area contributed by atoms with Gasteiger partial charge in [0.25, 0.3) is 0 Å². The summed E-state index contributed by atoms with van der Waals surface area (Å²) in [5, 5.41) is 21.7. The van der Waals surface area contributed by atoms with E-state index in [1.807, 2.05) is 30.5 Å². The summed E-state index contributed by atoms with van der Waals surface area (Å²) in [7, 11) is 0. The van der Waals surface area contributed by atoms with Gasteiger partial charge in [0.15, 0.2) is 11.0 Å². The first-order chi connectivity index (χ1) is 14.4. The van der Waals surface area contributed by atoms with E-state index >= 15 is 0 Å². The number of benzene rings is 2. The fraction of sp³-hybridized carbons (Fsp3) is 0.0500. The molecular formula is C20H13BrCl2N4O2S. The van der Waals surface area contributed by atoms with Crippen molar-refractivity contribution in [2.75, 3.05) is 6.26 Å². The number of nitrogens with zero attached hydrogens (tertiary/aromatic N) is 4. The highest BCUT2D eigenvalue weighted by Crippen LogP contribution is 2.41. The van der Waals surface area contributed by atoms with Crippen molar-refractivity contribution in [2.45, 2.75) is 5.16 Å². The summed E-state index contributed by atoms with van der Waals surface area (Å²) >= 11 is 17.5. The fourth-order valence-electron chi connectivity index (χ4n) is 2.99. The molecular weight excluding hydrogens is 511 g/mol. The zero-order valence-electron chi connectivity index (χ0n) is 15.3. The molecule has 4 aromatic rings. The molecule has 0 spiro atoms. The van der Waals surface area contributed by atoms with Crippen molar-refractivity contribution in [1.82, 2.24) is 19.7 Å². The van der Waals surface area contributed by atoms with Gasteiger partial charge in [0.1, 0.15) is 17.1 Å². The quantitative estimate of drug-likeness (QED) is 0.183. The van der Waals surface area contributed by atoms with Crippen molar-refractivity contribution < 1.29 is 10.3 Å². The molecule has 0 bridgehead atoms. The Morgan fingerprint density at radius 3 is 2.47 bits per heavy atom. The van der Waals surface area contributed by atoms with Crippen LogP contribution in [-0.2, 0) is 0 Å². The summed E-state index contributed by atoms with van der Waals surface area (Å²) in [5.41, 5.74) is 2.38. The van der Waals surface area contributed by atoms with Crippen molar-refractivity contribution >= 4 is 50.9 Å². The van der Waals surface area contributed by atoms with Crippen LogP contribution in [0.2, 0.25) is 10.0 Å². The Balaban J connectivity index is 2.04. The molecule has 0 saturated carbocycles. The van der Waals surface area contributed by atoms with Gasteiger partial charge < -0.3 is 10.3 Å². The average molecular weight is 524 g/mol. The Morgan fingerprint density at radius 1 is 1.07 bits per heavy atom. The molecule has 0 atom stereocenters. The first-order valence-corrected chi connectivity index (χ1v) is 11.3. The summed E-state index contributed by atoms with van der Waals surface area (Å²) in [6, 6.07) is 11.9. The highest BCUT2D eigenvalue weighted by Gasteiger charge is 2.25. The summed E-state index contributed by atoms with van der Waals surface area (Å²) in [6.07, 6.45) is 3.48. The second-order valence-corrected chi connectivity index (χ2v) is 8.67. The molecule has 2 aromatic carbocycles. The van der Waals surface area contributed by atoms with E-state index in [9.17, 15) is 10.3 Å². The molecule has 0 aliphatic carbocycles. The Hall–Kier alpha value is -2.26. The van der Waals surface area contributed by atoms with Crippen LogP contribution in [0, 0.1) is 0 Å². The molecule has 0 aliphatic rings. The number of rotatable bonds is 4. The van der Waals surface area contributed by atoms with Gasteiger partial charge in [0.2, 0.25) is 0 Å². The van der Waals surface area contributed by atoms with Crippen LogP contribution in [0.5, 0.6) is 5.75 Å². The number of aromatic hydroxyl groups is 1. The summed E-state index contributed by atoms with van der Waals surface area (Å²) < 4.78 is 1.76. The minimum Gasteiger partial charge on any atom is -0.508 e. The molecule has 0 saturated heterocycles. The molecule has 2 N–H and O–H groups in total. The molecule has 0 amide bonds. The minimum atomic E-state index is -0.0855. The summed E-state index contributed by atoms with van der Waals surface area (Å²) in [4.78, 5) is 13.4. The van der Waals surface area contributed by atoms with E-state index in [2.05, 4.69) is 30.9 Å². The van der Waals surface area contributed by atoms with E-state index in [0.717, 1.165) is 14.8 Å². The lowest BCUT2D eigenvalue weighted by Crippen LogP contribution is -2.00. The first-order valence-electron chi connectivity index (χ1n) is 8.52. The van der Waals surface area contributed by atoms with Gasteiger partial charge in [-0.25, -0.2) is 15.0 Å². The molecule has 4 rings (SSSR count). The minimum absolute atomic E-state index is 0.0855. The van der Waals surface area contributed by atoms with Crippen LogP contribution < -0.4 is 0 Å². The van der Waals surface area contributed by atoms with E-state index in [4.69, 9.17) is 23.2 Å². The average Bonchev–Trinajstić information content (AvgIpc) is 3.04. The first kappa shape index (κ1) is 21.0. The van der Waals surface area contributed by atoms with Crippen LogP contribution in [0.4, 0.5) is 0 Å². The highest BCUT2D eigenvalue weighted by atomic mass is 79.9. The van der Waals surface area contributed by atoms with Gasteiger partial charge in [-0.3, -0.25) is 0 Å². The molecule has 0 unspecified atom stereocenters. The smallest absolute Gasteiger partial charge is 0.187 e. The highest BCUT2D eigenvalue weighted by molar-refractivity contribution is 9.10. The molecule has 6 nitrogen and oxygen atoms in total. The topological polar surface area (TPSA) is 84.1 Å². The Kier molecular flexibility index (Phi) is 5.92. The lowest BCUT2D eigenvalue weighted by atomic mass is 10.1. The number of halogens is 3. The van der Waals surface area contributed by atoms with Gasteiger partial charge in [0.05, 0.1) is 21.3 Å². The third-order valence-corrected chi connectivity index (χ3v) is 5.91. The van der Waals surface area contributed by atoms with Crippen molar-refractivity contribution in [3.63, 3.8) is 0 Å². The monoisotopic (exact) mass is 522 g/mol. The standard InChI is InChI=1S/C20H13BrCl2N4O2S/c1-30-20-24-6-5-15(25-20)18-17(10-3-2-4-11(21)7-10)26-19(27(18)29)16-13(22)8-12(28)9-14(16)23/h2-9,28-29H,1H3. The second kappa shape index (κ2) is 8.47. The van der Waals surface area contributed by atoms with Gasteiger partial charge in [-0.15, -0.1) is 0 Å². The van der Waals surface area contributed by atoms with Gasteiger partial charge in [-0.2, -0.15) is 4.73 Å². The van der Waals surface area contributed by atoms with Crippen molar-refractivity contribution in [3.05, 3.63) is 63.2 Å². The maximum atomic E-state index is 11.1. The van der Waals surface area contributed by atoms with E-state index in [1.165, 1.54) is 23.9 Å². The van der Waals surface area contributed by atoms with E-state index in [0.29, 0.717) is 27.8 Å². The molecule has 0 fully saturated rings. The second-order valence-electron chi connectivity index (χ2n) is 6.17. The SMILES string of the molecule is CSc1nccc(-c2c(-c3cccc(Br)c3)nc(-c3c(Cl)cc(O)cc3Cl)n2O)n1. The van der Waals surface area contributed by atoms with Crippen molar-refractivity contribution in [1.29, 1.82) is 0 Å². The molecule has 10 heteroatoms. The lowest BCUT2D eigenvalue weighted by Gasteiger charge is -2.09. The van der Waals surface area contributed by atoms with Crippen LogP contribution in [0.3, 0.4) is 0 Å². The van der Waals surface area contributed by atoms with Crippen LogP contribution in [0.1, 0.15) is 0 Å². The summed E-state index contributed by atoms with van der Waals surface area (Å²) in [5.74, 6) is 0.0388. The zero-order valence-corrected chi connectivity index (χ0v) is 19.3. The van der Waals surface area contributed by atoms with Gasteiger partial charge in [0, 0.05) is 16.2 Å². The number of hydrogen-bond donors (Lipinski definition) is 2. The van der Waals surface area contributed by atoms with Crippen LogP contribution in [-0.4, -0.2) is 36.3 Å². The van der Waals surface area contributed by atoms with E-state index < -0.39 is 0 Å². The molecule has 2 heterocycles. The van der Waals surface area contributed by atoms with Crippen molar-refractivity contribution in [3.8, 4) is 39.8 Å². The third kappa shape index (κ3) is 3.88.